The lowest BCUT2D eigenvalue weighted by atomic mass is 10.1. The zero-order chi connectivity index (χ0) is 19.8. The Balaban J connectivity index is 1.54. The van der Waals surface area contributed by atoms with E-state index >= 15 is 0 Å². The van der Waals surface area contributed by atoms with Crippen molar-refractivity contribution < 1.29 is 4.79 Å². The number of fused-ring (bicyclic) bond motifs is 3. The SMILES string of the molecule is CN(Cc1ccccn1)C(=O)c1ccc2nnc3ncn(C4CCCC4)c3c2c1. The number of carbonyl (C=O) groups excluding carboxylic acids is 1. The van der Waals surface area contributed by atoms with Crippen molar-refractivity contribution in [1.82, 2.24) is 29.6 Å². The van der Waals surface area contributed by atoms with E-state index in [2.05, 4.69) is 24.7 Å². The van der Waals surface area contributed by atoms with Crippen LogP contribution < -0.4 is 0 Å². The van der Waals surface area contributed by atoms with Crippen LogP contribution >= 0.6 is 0 Å². The van der Waals surface area contributed by atoms with Gasteiger partial charge in [0.05, 0.1) is 29.6 Å². The minimum absolute atomic E-state index is 0.0468. The molecule has 1 saturated carbocycles. The Kier molecular flexibility index (Phi) is 4.42. The average Bonchev–Trinajstić information content (AvgIpc) is 3.43. The van der Waals surface area contributed by atoms with Gasteiger partial charge in [0.2, 0.25) is 5.65 Å². The molecule has 29 heavy (non-hydrogen) atoms. The molecule has 1 amide bonds. The third-order valence-corrected chi connectivity index (χ3v) is 5.72. The van der Waals surface area contributed by atoms with Crippen LogP contribution in [0.1, 0.15) is 47.8 Å². The Morgan fingerprint density at radius 2 is 2.00 bits per heavy atom. The maximum Gasteiger partial charge on any atom is 0.253 e. The molecular formula is C22H22N6O. The fraction of sp³-hybridized carbons (Fsp3) is 0.318. The van der Waals surface area contributed by atoms with Crippen molar-refractivity contribution in [3.63, 3.8) is 0 Å². The largest absolute Gasteiger partial charge is 0.336 e. The number of amides is 1. The van der Waals surface area contributed by atoms with E-state index in [-0.39, 0.29) is 5.91 Å². The summed E-state index contributed by atoms with van der Waals surface area (Å²) in [6.45, 7) is 0.460. The monoisotopic (exact) mass is 386 g/mol. The Bertz CT molecular complexity index is 1180. The van der Waals surface area contributed by atoms with Crippen LogP contribution in [0.15, 0.2) is 48.9 Å². The highest BCUT2D eigenvalue weighted by atomic mass is 16.2. The fourth-order valence-electron chi connectivity index (χ4n) is 4.22. The zero-order valence-corrected chi connectivity index (χ0v) is 16.3. The summed E-state index contributed by atoms with van der Waals surface area (Å²) in [6.07, 6.45) is 8.40. The summed E-state index contributed by atoms with van der Waals surface area (Å²) in [7, 11) is 1.80. The minimum atomic E-state index is -0.0468. The van der Waals surface area contributed by atoms with E-state index < -0.39 is 0 Å². The van der Waals surface area contributed by atoms with Crippen molar-refractivity contribution in [2.45, 2.75) is 38.3 Å². The Labute approximate surface area is 168 Å². The number of hydrogen-bond acceptors (Lipinski definition) is 5. The van der Waals surface area contributed by atoms with Gasteiger partial charge in [-0.3, -0.25) is 9.78 Å². The molecule has 1 fully saturated rings. The van der Waals surface area contributed by atoms with Gasteiger partial charge >= 0.3 is 0 Å². The van der Waals surface area contributed by atoms with Crippen molar-refractivity contribution >= 4 is 28.0 Å². The van der Waals surface area contributed by atoms with Gasteiger partial charge < -0.3 is 9.47 Å². The summed E-state index contributed by atoms with van der Waals surface area (Å²) in [4.78, 5) is 23.5. The standard InChI is InChI=1S/C22H22N6O/c1-27(13-16-6-4-5-11-23-16)22(29)15-9-10-19-18(12-15)20-21(26-25-19)24-14-28(20)17-7-2-3-8-17/h4-6,9-12,14,17H,2-3,7-8,13H2,1H3. The van der Waals surface area contributed by atoms with Gasteiger partial charge in [-0.2, -0.15) is 0 Å². The minimum Gasteiger partial charge on any atom is -0.336 e. The van der Waals surface area contributed by atoms with E-state index in [9.17, 15) is 4.79 Å². The number of hydrogen-bond donors (Lipinski definition) is 0. The summed E-state index contributed by atoms with van der Waals surface area (Å²) < 4.78 is 2.23. The van der Waals surface area contributed by atoms with Crippen molar-refractivity contribution in [2.24, 2.45) is 0 Å². The lowest BCUT2D eigenvalue weighted by molar-refractivity contribution is 0.0783. The van der Waals surface area contributed by atoms with Crippen LogP contribution in [0.5, 0.6) is 0 Å². The third-order valence-electron chi connectivity index (χ3n) is 5.72. The van der Waals surface area contributed by atoms with Crippen LogP contribution in [0.4, 0.5) is 0 Å². The number of pyridine rings is 1. The molecule has 3 aromatic heterocycles. The highest BCUT2D eigenvalue weighted by molar-refractivity contribution is 6.05. The van der Waals surface area contributed by atoms with Crippen molar-refractivity contribution in [2.75, 3.05) is 7.05 Å². The van der Waals surface area contributed by atoms with Crippen LogP contribution in [0.25, 0.3) is 22.1 Å². The topological polar surface area (TPSA) is 76.8 Å². The molecule has 3 heterocycles. The van der Waals surface area contributed by atoms with Gasteiger partial charge in [-0.25, -0.2) is 4.98 Å². The molecule has 5 rings (SSSR count). The van der Waals surface area contributed by atoms with Crippen molar-refractivity contribution in [3.8, 4) is 0 Å². The Hall–Kier alpha value is -3.35. The first-order chi connectivity index (χ1) is 14.2. The van der Waals surface area contributed by atoms with Crippen LogP contribution in [0.3, 0.4) is 0 Å². The average molecular weight is 386 g/mol. The van der Waals surface area contributed by atoms with E-state index in [1.54, 1.807) is 18.1 Å². The number of carbonyl (C=O) groups is 1. The lowest BCUT2D eigenvalue weighted by Crippen LogP contribution is -2.26. The van der Waals surface area contributed by atoms with Crippen molar-refractivity contribution in [1.29, 1.82) is 0 Å². The van der Waals surface area contributed by atoms with Crippen LogP contribution in [0.2, 0.25) is 0 Å². The second kappa shape index (κ2) is 7.24. The number of rotatable bonds is 4. The van der Waals surface area contributed by atoms with Gasteiger partial charge in [0.25, 0.3) is 5.91 Å². The van der Waals surface area contributed by atoms with Gasteiger partial charge in [-0.15, -0.1) is 10.2 Å². The summed E-state index contributed by atoms with van der Waals surface area (Å²) >= 11 is 0. The summed E-state index contributed by atoms with van der Waals surface area (Å²) in [6, 6.07) is 11.8. The molecule has 1 aliphatic carbocycles. The highest BCUT2D eigenvalue weighted by Crippen LogP contribution is 2.33. The van der Waals surface area contributed by atoms with Gasteiger partial charge in [0.1, 0.15) is 0 Å². The number of imidazole rings is 1. The quantitative estimate of drug-likeness (QED) is 0.534. The molecule has 0 radical (unpaired) electrons. The first-order valence-electron chi connectivity index (χ1n) is 9.99. The molecule has 7 heteroatoms. The molecule has 0 atom stereocenters. The highest BCUT2D eigenvalue weighted by Gasteiger charge is 2.22. The molecular weight excluding hydrogens is 364 g/mol. The molecule has 0 saturated heterocycles. The Morgan fingerprint density at radius 3 is 2.79 bits per heavy atom. The van der Waals surface area contributed by atoms with E-state index in [0.717, 1.165) is 35.0 Å². The zero-order valence-electron chi connectivity index (χ0n) is 16.3. The number of aromatic nitrogens is 5. The molecule has 4 aromatic rings. The van der Waals surface area contributed by atoms with Crippen LogP contribution in [-0.4, -0.2) is 42.6 Å². The molecule has 0 aliphatic heterocycles. The molecule has 146 valence electrons. The van der Waals surface area contributed by atoms with E-state index in [1.807, 2.05) is 42.7 Å². The van der Waals surface area contributed by atoms with Gasteiger partial charge in [0.15, 0.2) is 0 Å². The summed E-state index contributed by atoms with van der Waals surface area (Å²) in [5, 5.41) is 9.51. The summed E-state index contributed by atoms with van der Waals surface area (Å²) in [5.74, 6) is -0.0468. The van der Waals surface area contributed by atoms with Crippen LogP contribution in [0, 0.1) is 0 Å². The van der Waals surface area contributed by atoms with Crippen molar-refractivity contribution in [3.05, 3.63) is 60.2 Å². The van der Waals surface area contributed by atoms with E-state index in [1.165, 1.54) is 12.8 Å². The third kappa shape index (κ3) is 3.22. The lowest BCUT2D eigenvalue weighted by Gasteiger charge is -2.17. The van der Waals surface area contributed by atoms with E-state index in [4.69, 9.17) is 0 Å². The van der Waals surface area contributed by atoms with Gasteiger partial charge in [-0.05, 0) is 43.2 Å². The second-order valence-corrected chi connectivity index (χ2v) is 7.68. The predicted molar refractivity (Wildman–Crippen MR) is 110 cm³/mol. The van der Waals surface area contributed by atoms with Crippen LogP contribution in [-0.2, 0) is 6.54 Å². The number of nitrogens with zero attached hydrogens (tertiary/aromatic N) is 6. The maximum atomic E-state index is 13.0. The maximum absolute atomic E-state index is 13.0. The summed E-state index contributed by atoms with van der Waals surface area (Å²) in [5.41, 5.74) is 3.88. The molecule has 0 spiro atoms. The molecule has 1 aliphatic rings. The molecule has 1 aromatic carbocycles. The molecule has 0 N–H and O–H groups in total. The first kappa shape index (κ1) is 17.7. The van der Waals surface area contributed by atoms with E-state index in [0.29, 0.717) is 23.8 Å². The van der Waals surface area contributed by atoms with Gasteiger partial charge in [0, 0.05) is 30.2 Å². The Morgan fingerprint density at radius 1 is 1.14 bits per heavy atom. The molecule has 7 nitrogen and oxygen atoms in total. The second-order valence-electron chi connectivity index (χ2n) is 7.68. The number of benzene rings is 1. The normalized spacial score (nSPS) is 14.7. The molecule has 0 bridgehead atoms. The smallest absolute Gasteiger partial charge is 0.253 e. The predicted octanol–water partition coefficient (Wildman–Crippen LogP) is 3.76. The van der Waals surface area contributed by atoms with Gasteiger partial charge in [-0.1, -0.05) is 18.9 Å². The molecule has 0 unspecified atom stereocenters. The fourth-order valence-corrected chi connectivity index (χ4v) is 4.22. The first-order valence-corrected chi connectivity index (χ1v) is 9.99.